The van der Waals surface area contributed by atoms with Gasteiger partial charge in [0.2, 0.25) is 11.6 Å². The zero-order chi connectivity index (χ0) is 22.2. The van der Waals surface area contributed by atoms with Gasteiger partial charge in [0.25, 0.3) is 0 Å². The molecule has 0 aliphatic carbocycles. The smallest absolute Gasteiger partial charge is 0.293 e. The van der Waals surface area contributed by atoms with Crippen molar-refractivity contribution in [3.63, 3.8) is 0 Å². The molecule has 14 heteroatoms. The van der Waals surface area contributed by atoms with Crippen molar-refractivity contribution in [2.45, 2.75) is 6.92 Å². The molecule has 0 aliphatic rings. The third-order valence-corrected chi connectivity index (χ3v) is 4.50. The molecule has 0 unspecified atom stereocenters. The molecule has 4 heterocycles. The topological polar surface area (TPSA) is 191 Å². The Bertz CT molecular complexity index is 1610. The highest BCUT2D eigenvalue weighted by molar-refractivity contribution is 5.70. The summed E-state index contributed by atoms with van der Waals surface area (Å²) in [5, 5.41) is 33.3. The Morgan fingerprint density at radius 3 is 2.66 bits per heavy atom. The van der Waals surface area contributed by atoms with Gasteiger partial charge < -0.3 is 0 Å². The van der Waals surface area contributed by atoms with E-state index in [1.165, 1.54) is 6.20 Å². The molecule has 1 aromatic carbocycles. The lowest BCUT2D eigenvalue weighted by molar-refractivity contribution is 0.765. The number of fused-ring (bicyclic) bond motifs is 1. The Kier molecular flexibility index (Phi) is 4.26. The Labute approximate surface area is 176 Å². The minimum absolute atomic E-state index is 0.0252. The number of aromatic amines is 3. The van der Waals surface area contributed by atoms with Crippen molar-refractivity contribution >= 4 is 17.2 Å². The molecule has 5 rings (SSSR count). The Morgan fingerprint density at radius 2 is 1.91 bits per heavy atom. The SMILES string of the molecule is Cc1[nH]n2c(-c3ccccc3)nnc2c1N=Nc1c(C#N)cnn1-c1nc(=O)[nH]c(=O)[nH]1. The standard InChI is InChI=1S/C18H12N12O2/c1-9-12(15-27-26-13(29(15)28-9)10-5-3-2-4-6-10)24-25-14-11(7-19)8-20-30(14)16-21-17(31)23-18(32)22-16/h2-6,8,28H,1H3,(H2,21,22,23,31,32). The summed E-state index contributed by atoms with van der Waals surface area (Å²) < 4.78 is 2.72. The van der Waals surface area contributed by atoms with Crippen LogP contribution in [0.2, 0.25) is 0 Å². The molecule has 14 nitrogen and oxygen atoms in total. The highest BCUT2D eigenvalue weighted by atomic mass is 16.2. The van der Waals surface area contributed by atoms with E-state index in [9.17, 15) is 14.9 Å². The summed E-state index contributed by atoms with van der Waals surface area (Å²) >= 11 is 0. The number of aromatic nitrogens is 9. The number of hydrogen-bond donors (Lipinski definition) is 3. The summed E-state index contributed by atoms with van der Waals surface area (Å²) in [7, 11) is 0. The van der Waals surface area contributed by atoms with Gasteiger partial charge in [0.15, 0.2) is 17.3 Å². The third kappa shape index (κ3) is 3.06. The lowest BCUT2D eigenvalue weighted by Crippen LogP contribution is -2.27. The number of nitriles is 1. The molecule has 0 saturated carbocycles. The molecule has 156 valence electrons. The number of H-pyrrole nitrogens is 3. The van der Waals surface area contributed by atoms with E-state index >= 15 is 0 Å². The van der Waals surface area contributed by atoms with Crippen molar-refractivity contribution in [3.8, 4) is 23.4 Å². The molecule has 0 fully saturated rings. The second-order valence-electron chi connectivity index (χ2n) is 6.56. The fourth-order valence-electron chi connectivity index (χ4n) is 3.08. The van der Waals surface area contributed by atoms with Crippen molar-refractivity contribution in [1.29, 1.82) is 5.26 Å². The van der Waals surface area contributed by atoms with Gasteiger partial charge in [-0.25, -0.2) is 14.1 Å². The minimum Gasteiger partial charge on any atom is -0.293 e. The number of nitrogens with zero attached hydrogens (tertiary/aromatic N) is 9. The van der Waals surface area contributed by atoms with E-state index in [2.05, 4.69) is 40.6 Å². The van der Waals surface area contributed by atoms with Gasteiger partial charge in [-0.1, -0.05) is 30.3 Å². The van der Waals surface area contributed by atoms with E-state index < -0.39 is 11.4 Å². The minimum atomic E-state index is -0.874. The van der Waals surface area contributed by atoms with Crippen LogP contribution in [0.3, 0.4) is 0 Å². The average Bonchev–Trinajstić information content (AvgIpc) is 3.45. The molecule has 0 bridgehead atoms. The monoisotopic (exact) mass is 428 g/mol. The third-order valence-electron chi connectivity index (χ3n) is 4.50. The quantitative estimate of drug-likeness (QED) is 0.359. The summed E-state index contributed by atoms with van der Waals surface area (Å²) in [6, 6.07) is 11.4. The summed E-state index contributed by atoms with van der Waals surface area (Å²) in [6.07, 6.45) is 1.22. The lowest BCUT2D eigenvalue weighted by atomic mass is 10.2. The van der Waals surface area contributed by atoms with E-state index in [1.54, 1.807) is 11.4 Å². The summed E-state index contributed by atoms with van der Waals surface area (Å²) in [5.41, 5.74) is 0.744. The molecule has 0 spiro atoms. The van der Waals surface area contributed by atoms with Crippen LogP contribution in [0, 0.1) is 18.3 Å². The predicted octanol–water partition coefficient (Wildman–Crippen LogP) is 1.28. The van der Waals surface area contributed by atoms with Gasteiger partial charge in [-0.2, -0.15) is 20.0 Å². The number of aryl methyl sites for hydroxylation is 1. The van der Waals surface area contributed by atoms with Crippen molar-refractivity contribution in [1.82, 2.24) is 44.5 Å². The van der Waals surface area contributed by atoms with Crippen LogP contribution in [-0.4, -0.2) is 44.5 Å². The fourth-order valence-corrected chi connectivity index (χ4v) is 3.08. The van der Waals surface area contributed by atoms with E-state index in [-0.39, 0.29) is 17.3 Å². The van der Waals surface area contributed by atoms with Gasteiger partial charge in [0.1, 0.15) is 11.6 Å². The number of benzene rings is 1. The van der Waals surface area contributed by atoms with Gasteiger partial charge in [-0.15, -0.1) is 20.4 Å². The number of rotatable bonds is 4. The van der Waals surface area contributed by atoms with Gasteiger partial charge in [0.05, 0.1) is 11.9 Å². The van der Waals surface area contributed by atoms with Crippen LogP contribution in [0.1, 0.15) is 11.3 Å². The molecule has 0 saturated heterocycles. The maximum atomic E-state index is 11.6. The van der Waals surface area contributed by atoms with E-state index in [0.717, 1.165) is 10.2 Å². The Morgan fingerprint density at radius 1 is 1.09 bits per heavy atom. The van der Waals surface area contributed by atoms with Crippen molar-refractivity contribution in [2.24, 2.45) is 10.2 Å². The van der Waals surface area contributed by atoms with Gasteiger partial charge in [0, 0.05) is 5.56 Å². The molecule has 0 aliphatic heterocycles. The van der Waals surface area contributed by atoms with Crippen LogP contribution in [0.5, 0.6) is 0 Å². The second-order valence-corrected chi connectivity index (χ2v) is 6.56. The molecule has 4 aromatic heterocycles. The average molecular weight is 428 g/mol. The predicted molar refractivity (Wildman–Crippen MR) is 109 cm³/mol. The molecule has 32 heavy (non-hydrogen) atoms. The van der Waals surface area contributed by atoms with E-state index in [0.29, 0.717) is 22.9 Å². The maximum absolute atomic E-state index is 11.6. The van der Waals surface area contributed by atoms with E-state index in [4.69, 9.17) is 0 Å². The molecular weight excluding hydrogens is 416 g/mol. The zero-order valence-electron chi connectivity index (χ0n) is 16.3. The molecule has 0 atom stereocenters. The Balaban J connectivity index is 1.61. The first-order chi connectivity index (χ1) is 15.5. The highest BCUT2D eigenvalue weighted by Crippen LogP contribution is 2.30. The van der Waals surface area contributed by atoms with Crippen molar-refractivity contribution in [2.75, 3.05) is 0 Å². The van der Waals surface area contributed by atoms with Crippen LogP contribution >= 0.6 is 0 Å². The van der Waals surface area contributed by atoms with E-state index in [1.807, 2.05) is 41.4 Å². The summed E-state index contributed by atoms with van der Waals surface area (Å²) in [4.78, 5) is 31.1. The molecule has 5 aromatic rings. The largest absolute Gasteiger partial charge is 0.352 e. The first-order valence-electron chi connectivity index (χ1n) is 9.15. The number of nitrogens with one attached hydrogen (secondary N) is 3. The summed E-state index contributed by atoms with van der Waals surface area (Å²) in [5.74, 6) is 0.361. The molecule has 0 radical (unpaired) electrons. The van der Waals surface area contributed by atoms with Gasteiger partial charge >= 0.3 is 11.4 Å². The molecule has 3 N–H and O–H groups in total. The Hall–Kier alpha value is -5.19. The van der Waals surface area contributed by atoms with Crippen LogP contribution in [0.25, 0.3) is 23.0 Å². The summed E-state index contributed by atoms with van der Waals surface area (Å²) in [6.45, 7) is 1.79. The zero-order valence-corrected chi connectivity index (χ0v) is 16.3. The second kappa shape index (κ2) is 7.25. The van der Waals surface area contributed by atoms with Crippen LogP contribution < -0.4 is 11.4 Å². The van der Waals surface area contributed by atoms with Gasteiger partial charge in [-0.3, -0.25) is 15.1 Å². The van der Waals surface area contributed by atoms with Crippen LogP contribution in [0.15, 0.2) is 56.3 Å². The van der Waals surface area contributed by atoms with Crippen LogP contribution in [0.4, 0.5) is 11.5 Å². The van der Waals surface area contributed by atoms with Crippen molar-refractivity contribution in [3.05, 3.63) is 68.8 Å². The molecular formula is C18H12N12O2. The first-order valence-corrected chi connectivity index (χ1v) is 9.15. The highest BCUT2D eigenvalue weighted by Gasteiger charge is 2.18. The van der Waals surface area contributed by atoms with Crippen molar-refractivity contribution < 1.29 is 0 Å². The fraction of sp³-hybridized carbons (Fsp3) is 0.0556. The van der Waals surface area contributed by atoms with Gasteiger partial charge in [-0.05, 0) is 6.92 Å². The first kappa shape index (κ1) is 18.8. The number of hydrogen-bond acceptors (Lipinski definition) is 9. The van der Waals surface area contributed by atoms with Crippen LogP contribution in [-0.2, 0) is 0 Å². The normalized spacial score (nSPS) is 11.4. The maximum Gasteiger partial charge on any atom is 0.352 e. The lowest BCUT2D eigenvalue weighted by Gasteiger charge is -2.00. The molecule has 0 amide bonds. The number of azo groups is 1.